The maximum atomic E-state index is 4.21. The van der Waals surface area contributed by atoms with Crippen LogP contribution in [0.1, 0.15) is 5.69 Å². The largest absolute Gasteiger partial charge is 0.314 e. The van der Waals surface area contributed by atoms with E-state index in [1.54, 1.807) is 4.68 Å². The Morgan fingerprint density at radius 1 is 1.80 bits per heavy atom. The van der Waals surface area contributed by atoms with Crippen molar-refractivity contribution < 1.29 is 0 Å². The average Bonchev–Trinajstić information content (AvgIpc) is 2.14. The lowest BCUT2D eigenvalue weighted by Gasteiger charge is -1.90. The van der Waals surface area contributed by atoms with Gasteiger partial charge in [-0.2, -0.15) is 5.10 Å². The zero-order valence-electron chi connectivity index (χ0n) is 6.06. The van der Waals surface area contributed by atoms with Crippen LogP contribution in [0.3, 0.4) is 0 Å². The smallest absolute Gasteiger partial charge is 0.104 e. The zero-order chi connectivity index (χ0) is 7.56. The molecule has 1 rings (SSSR count). The van der Waals surface area contributed by atoms with Crippen LogP contribution in [0.4, 0.5) is 0 Å². The van der Waals surface area contributed by atoms with Gasteiger partial charge in [0, 0.05) is 13.6 Å². The van der Waals surface area contributed by atoms with Gasteiger partial charge in [-0.3, -0.25) is 4.68 Å². The van der Waals surface area contributed by atoms with Crippen molar-refractivity contribution in [1.82, 2.24) is 15.1 Å². The summed E-state index contributed by atoms with van der Waals surface area (Å²) >= 11 is 3.36. The molecule has 0 amide bonds. The van der Waals surface area contributed by atoms with E-state index in [2.05, 4.69) is 26.3 Å². The number of halogens is 1. The summed E-state index contributed by atoms with van der Waals surface area (Å²) in [5.74, 6) is 0. The molecule has 0 aliphatic rings. The second kappa shape index (κ2) is 3.16. The van der Waals surface area contributed by atoms with Gasteiger partial charge >= 0.3 is 0 Å². The SMILES string of the molecule is CNCc1cc(Br)n(C)n1. The molecule has 4 heteroatoms. The highest BCUT2D eigenvalue weighted by atomic mass is 79.9. The Labute approximate surface area is 68.6 Å². The molecule has 3 nitrogen and oxygen atoms in total. The number of nitrogens with one attached hydrogen (secondary N) is 1. The first kappa shape index (κ1) is 7.75. The fourth-order valence-electron chi connectivity index (χ4n) is 0.768. The van der Waals surface area contributed by atoms with E-state index in [4.69, 9.17) is 0 Å². The molecule has 0 atom stereocenters. The van der Waals surface area contributed by atoms with Gasteiger partial charge in [0.25, 0.3) is 0 Å². The first-order valence-electron chi connectivity index (χ1n) is 3.07. The molecule has 0 aromatic carbocycles. The Kier molecular flexibility index (Phi) is 2.45. The fraction of sp³-hybridized carbons (Fsp3) is 0.500. The van der Waals surface area contributed by atoms with E-state index in [-0.39, 0.29) is 0 Å². The summed E-state index contributed by atoms with van der Waals surface area (Å²) in [5.41, 5.74) is 1.05. The van der Waals surface area contributed by atoms with E-state index < -0.39 is 0 Å². The molecule has 0 spiro atoms. The van der Waals surface area contributed by atoms with Crippen molar-refractivity contribution in [1.29, 1.82) is 0 Å². The Morgan fingerprint density at radius 3 is 2.90 bits per heavy atom. The lowest BCUT2D eigenvalue weighted by atomic mass is 10.4. The minimum absolute atomic E-state index is 0.819. The molecule has 56 valence electrons. The van der Waals surface area contributed by atoms with E-state index in [9.17, 15) is 0 Å². The maximum absolute atomic E-state index is 4.21. The number of nitrogens with zero attached hydrogens (tertiary/aromatic N) is 2. The molecule has 1 heterocycles. The number of rotatable bonds is 2. The van der Waals surface area contributed by atoms with Gasteiger partial charge in [0.1, 0.15) is 4.60 Å². The summed E-state index contributed by atoms with van der Waals surface area (Å²) in [6.07, 6.45) is 0. The van der Waals surface area contributed by atoms with Crippen LogP contribution in [0.25, 0.3) is 0 Å². The van der Waals surface area contributed by atoms with E-state index in [1.165, 1.54) is 0 Å². The Balaban J connectivity index is 2.77. The molecular weight excluding hydrogens is 194 g/mol. The number of hydrogen-bond donors (Lipinski definition) is 1. The highest BCUT2D eigenvalue weighted by Crippen LogP contribution is 2.09. The highest BCUT2D eigenvalue weighted by Gasteiger charge is 1.98. The van der Waals surface area contributed by atoms with Gasteiger partial charge in [0.05, 0.1) is 5.69 Å². The van der Waals surface area contributed by atoms with Crippen LogP contribution in [0.5, 0.6) is 0 Å². The van der Waals surface area contributed by atoms with E-state index >= 15 is 0 Å². The molecule has 1 N–H and O–H groups in total. The molecule has 10 heavy (non-hydrogen) atoms. The Hall–Kier alpha value is -0.350. The van der Waals surface area contributed by atoms with Crippen molar-refractivity contribution >= 4 is 15.9 Å². The Morgan fingerprint density at radius 2 is 2.50 bits per heavy atom. The van der Waals surface area contributed by atoms with Gasteiger partial charge in [0.15, 0.2) is 0 Å². The monoisotopic (exact) mass is 203 g/mol. The van der Waals surface area contributed by atoms with Gasteiger partial charge in [-0.25, -0.2) is 0 Å². The second-order valence-corrected chi connectivity index (χ2v) is 2.92. The van der Waals surface area contributed by atoms with Crippen molar-refractivity contribution in [3.8, 4) is 0 Å². The summed E-state index contributed by atoms with van der Waals surface area (Å²) in [7, 11) is 3.81. The number of aromatic nitrogens is 2. The third-order valence-corrected chi connectivity index (χ3v) is 1.97. The molecular formula is C6H10BrN3. The van der Waals surface area contributed by atoms with Gasteiger partial charge in [-0.05, 0) is 29.0 Å². The molecule has 1 aromatic rings. The summed E-state index contributed by atoms with van der Waals surface area (Å²) < 4.78 is 2.81. The van der Waals surface area contributed by atoms with Gasteiger partial charge in [0.2, 0.25) is 0 Å². The van der Waals surface area contributed by atoms with Crippen molar-refractivity contribution in [3.05, 3.63) is 16.4 Å². The molecule has 0 fully saturated rings. The van der Waals surface area contributed by atoms with Crippen LogP contribution in [-0.4, -0.2) is 16.8 Å². The van der Waals surface area contributed by atoms with Gasteiger partial charge in [-0.15, -0.1) is 0 Å². The normalized spacial score (nSPS) is 10.3. The molecule has 0 aliphatic heterocycles. The average molecular weight is 204 g/mol. The molecule has 0 aliphatic carbocycles. The van der Waals surface area contributed by atoms with Crippen LogP contribution in [0.15, 0.2) is 10.7 Å². The summed E-state index contributed by atoms with van der Waals surface area (Å²) in [6, 6.07) is 2.00. The molecule has 0 radical (unpaired) electrons. The first-order valence-corrected chi connectivity index (χ1v) is 3.86. The van der Waals surface area contributed by atoms with Crippen molar-refractivity contribution in [2.45, 2.75) is 6.54 Å². The molecule has 0 saturated heterocycles. The van der Waals surface area contributed by atoms with Crippen LogP contribution < -0.4 is 5.32 Å². The van der Waals surface area contributed by atoms with Crippen LogP contribution in [-0.2, 0) is 13.6 Å². The third kappa shape index (κ3) is 1.58. The predicted octanol–water partition coefficient (Wildman–Crippen LogP) is 0.902. The minimum Gasteiger partial charge on any atom is -0.314 e. The quantitative estimate of drug-likeness (QED) is 0.775. The third-order valence-electron chi connectivity index (χ3n) is 1.23. The van der Waals surface area contributed by atoms with Gasteiger partial charge in [-0.1, -0.05) is 0 Å². The van der Waals surface area contributed by atoms with Gasteiger partial charge < -0.3 is 5.32 Å². The minimum atomic E-state index is 0.819. The highest BCUT2D eigenvalue weighted by molar-refractivity contribution is 9.10. The summed E-state index contributed by atoms with van der Waals surface area (Å²) in [4.78, 5) is 0. The van der Waals surface area contributed by atoms with Crippen molar-refractivity contribution in [2.75, 3.05) is 7.05 Å². The summed E-state index contributed by atoms with van der Waals surface area (Å²) in [5, 5.41) is 7.24. The van der Waals surface area contributed by atoms with Crippen LogP contribution >= 0.6 is 15.9 Å². The Bertz CT molecular complexity index is 199. The predicted molar refractivity (Wildman–Crippen MR) is 43.7 cm³/mol. The van der Waals surface area contributed by atoms with E-state index in [1.807, 2.05) is 20.2 Å². The van der Waals surface area contributed by atoms with Crippen LogP contribution in [0.2, 0.25) is 0 Å². The van der Waals surface area contributed by atoms with E-state index in [0.717, 1.165) is 16.8 Å². The van der Waals surface area contributed by atoms with Crippen molar-refractivity contribution in [3.63, 3.8) is 0 Å². The maximum Gasteiger partial charge on any atom is 0.104 e. The van der Waals surface area contributed by atoms with Crippen LogP contribution in [0, 0.1) is 0 Å². The van der Waals surface area contributed by atoms with E-state index in [0.29, 0.717) is 0 Å². The summed E-state index contributed by atoms with van der Waals surface area (Å²) in [6.45, 7) is 0.819. The molecule has 1 aromatic heterocycles. The standard InChI is InChI=1S/C6H10BrN3/c1-8-4-5-3-6(7)10(2)9-5/h3,8H,4H2,1-2H3. The first-order chi connectivity index (χ1) is 4.74. The zero-order valence-corrected chi connectivity index (χ0v) is 7.64. The van der Waals surface area contributed by atoms with Crippen molar-refractivity contribution in [2.24, 2.45) is 7.05 Å². The lowest BCUT2D eigenvalue weighted by Crippen LogP contribution is -2.05. The lowest BCUT2D eigenvalue weighted by molar-refractivity contribution is 0.703. The second-order valence-electron chi connectivity index (χ2n) is 2.11. The molecule has 0 unspecified atom stereocenters. The molecule has 0 saturated carbocycles. The topological polar surface area (TPSA) is 29.9 Å². The molecule has 0 bridgehead atoms. The number of hydrogen-bond acceptors (Lipinski definition) is 2. The fourth-order valence-corrected chi connectivity index (χ4v) is 1.11. The number of aryl methyl sites for hydroxylation is 1.